The maximum absolute atomic E-state index is 14.0. The predicted octanol–water partition coefficient (Wildman–Crippen LogP) is 4.12. The highest BCUT2D eigenvalue weighted by atomic mass is 19.1. The average molecular weight is 461 g/mol. The van der Waals surface area contributed by atoms with Crippen LogP contribution in [0.25, 0.3) is 0 Å². The van der Waals surface area contributed by atoms with Gasteiger partial charge in [-0.3, -0.25) is 14.4 Å². The molecule has 1 N–H and O–H groups in total. The van der Waals surface area contributed by atoms with Crippen LogP contribution in [0.4, 0.5) is 4.39 Å². The number of hydrogen-bond donors (Lipinski definition) is 1. The minimum atomic E-state index is -0.531. The molecule has 1 fully saturated rings. The van der Waals surface area contributed by atoms with Crippen molar-refractivity contribution in [3.05, 3.63) is 101 Å². The zero-order chi connectivity index (χ0) is 23.9. The summed E-state index contributed by atoms with van der Waals surface area (Å²) in [6.07, 6.45) is 0.926. The topological polar surface area (TPSA) is 75.7 Å². The standard InChI is InChI=1S/C27H25FN2O4/c28-23-12-6-4-10-21(23)27(33)30-16-14-20(15-17-30)34-25-13-7-5-11-22(25)26(32)29-18-24(31)19-8-2-1-3-9-19/h1-13,20H,14-18H2,(H,29,32). The summed E-state index contributed by atoms with van der Waals surface area (Å²) in [7, 11) is 0. The number of ether oxygens (including phenoxy) is 1. The van der Waals surface area contributed by atoms with Gasteiger partial charge in [-0.1, -0.05) is 54.6 Å². The summed E-state index contributed by atoms with van der Waals surface area (Å²) < 4.78 is 20.1. The Hall–Kier alpha value is -4.00. The Bertz CT molecular complexity index is 1170. The lowest BCUT2D eigenvalue weighted by molar-refractivity contribution is 0.0589. The van der Waals surface area contributed by atoms with Crippen molar-refractivity contribution < 1.29 is 23.5 Å². The molecule has 0 spiro atoms. The van der Waals surface area contributed by atoms with Crippen LogP contribution in [0.15, 0.2) is 78.9 Å². The third-order valence-corrected chi connectivity index (χ3v) is 5.76. The van der Waals surface area contributed by atoms with E-state index in [2.05, 4.69) is 5.32 Å². The number of halogens is 1. The Balaban J connectivity index is 1.34. The Kier molecular flexibility index (Phi) is 7.32. The second-order valence-corrected chi connectivity index (χ2v) is 8.06. The molecule has 3 aromatic rings. The maximum atomic E-state index is 14.0. The molecule has 0 atom stereocenters. The molecular weight excluding hydrogens is 435 g/mol. The summed E-state index contributed by atoms with van der Waals surface area (Å²) in [6.45, 7) is 0.739. The van der Waals surface area contributed by atoms with E-state index >= 15 is 0 Å². The molecule has 0 radical (unpaired) electrons. The fourth-order valence-corrected chi connectivity index (χ4v) is 3.90. The highest BCUT2D eigenvalue weighted by molar-refractivity contribution is 6.03. The molecule has 34 heavy (non-hydrogen) atoms. The number of amides is 2. The van der Waals surface area contributed by atoms with Crippen LogP contribution in [0.3, 0.4) is 0 Å². The third-order valence-electron chi connectivity index (χ3n) is 5.76. The van der Waals surface area contributed by atoms with E-state index in [4.69, 9.17) is 4.74 Å². The zero-order valence-electron chi connectivity index (χ0n) is 18.6. The van der Waals surface area contributed by atoms with Gasteiger partial charge in [-0.2, -0.15) is 0 Å². The molecule has 1 saturated heterocycles. The Morgan fingerprint density at radius 1 is 0.853 bits per heavy atom. The number of nitrogens with zero attached hydrogens (tertiary/aromatic N) is 1. The van der Waals surface area contributed by atoms with Gasteiger partial charge < -0.3 is 15.0 Å². The van der Waals surface area contributed by atoms with Crippen molar-refractivity contribution in [1.82, 2.24) is 10.2 Å². The minimum absolute atomic E-state index is 0.0638. The van der Waals surface area contributed by atoms with Crippen molar-refractivity contribution in [2.75, 3.05) is 19.6 Å². The second-order valence-electron chi connectivity index (χ2n) is 8.06. The highest BCUT2D eigenvalue weighted by Gasteiger charge is 2.27. The van der Waals surface area contributed by atoms with Crippen LogP contribution < -0.4 is 10.1 Å². The minimum Gasteiger partial charge on any atom is -0.489 e. The number of Topliss-reactive ketones (excluding diaryl/α,β-unsaturated/α-hetero) is 1. The van der Waals surface area contributed by atoms with Crippen LogP contribution >= 0.6 is 0 Å². The van der Waals surface area contributed by atoms with Gasteiger partial charge in [0.15, 0.2) is 5.78 Å². The van der Waals surface area contributed by atoms with Crippen LogP contribution in [0, 0.1) is 5.82 Å². The summed E-state index contributed by atoms with van der Waals surface area (Å²) in [5, 5.41) is 2.66. The normalized spacial score (nSPS) is 13.9. The fraction of sp³-hybridized carbons (Fsp3) is 0.222. The molecule has 0 aliphatic carbocycles. The molecule has 6 nitrogen and oxygen atoms in total. The van der Waals surface area contributed by atoms with Crippen LogP contribution in [-0.4, -0.2) is 48.2 Å². The summed E-state index contributed by atoms with van der Waals surface area (Å²) >= 11 is 0. The number of hydrogen-bond acceptors (Lipinski definition) is 4. The lowest BCUT2D eigenvalue weighted by Gasteiger charge is -2.32. The van der Waals surface area contributed by atoms with Gasteiger partial charge in [0.2, 0.25) is 0 Å². The zero-order valence-corrected chi connectivity index (χ0v) is 18.6. The molecule has 0 bridgehead atoms. The summed E-state index contributed by atoms with van der Waals surface area (Å²) in [4.78, 5) is 39.3. The molecule has 0 saturated carbocycles. The molecule has 3 aromatic carbocycles. The van der Waals surface area contributed by atoms with E-state index in [0.717, 1.165) is 0 Å². The van der Waals surface area contributed by atoms with Gasteiger partial charge in [0.05, 0.1) is 17.7 Å². The first-order valence-electron chi connectivity index (χ1n) is 11.2. The maximum Gasteiger partial charge on any atom is 0.256 e. The average Bonchev–Trinajstić information content (AvgIpc) is 2.88. The monoisotopic (exact) mass is 460 g/mol. The molecule has 1 aliphatic rings. The second kappa shape index (κ2) is 10.7. The molecule has 7 heteroatoms. The summed E-state index contributed by atoms with van der Waals surface area (Å²) in [5.41, 5.74) is 0.936. The largest absolute Gasteiger partial charge is 0.489 e. The molecular formula is C27H25FN2O4. The highest BCUT2D eigenvalue weighted by Crippen LogP contribution is 2.24. The first kappa shape index (κ1) is 23.2. The smallest absolute Gasteiger partial charge is 0.256 e. The van der Waals surface area contributed by atoms with Gasteiger partial charge in [0.25, 0.3) is 11.8 Å². The van der Waals surface area contributed by atoms with Crippen LogP contribution in [0.5, 0.6) is 5.75 Å². The number of benzene rings is 3. The molecule has 174 valence electrons. The van der Waals surface area contributed by atoms with Gasteiger partial charge in [0, 0.05) is 31.5 Å². The van der Waals surface area contributed by atoms with Crippen molar-refractivity contribution in [1.29, 1.82) is 0 Å². The van der Waals surface area contributed by atoms with E-state index in [1.807, 2.05) is 6.07 Å². The Morgan fingerprint density at radius 2 is 1.47 bits per heavy atom. The van der Waals surface area contributed by atoms with E-state index in [-0.39, 0.29) is 29.9 Å². The third kappa shape index (κ3) is 5.49. The Morgan fingerprint density at radius 3 is 2.18 bits per heavy atom. The van der Waals surface area contributed by atoms with Crippen LogP contribution in [0.2, 0.25) is 0 Å². The number of likely N-dealkylation sites (tertiary alicyclic amines) is 1. The van der Waals surface area contributed by atoms with Crippen LogP contribution in [0.1, 0.15) is 43.9 Å². The molecule has 0 unspecified atom stereocenters. The number of carbonyl (C=O) groups is 3. The van der Waals surface area contributed by atoms with Gasteiger partial charge >= 0.3 is 0 Å². The number of carbonyl (C=O) groups excluding carboxylic acids is 3. The van der Waals surface area contributed by atoms with E-state index in [9.17, 15) is 18.8 Å². The van der Waals surface area contributed by atoms with Crippen molar-refractivity contribution in [2.45, 2.75) is 18.9 Å². The number of ketones is 1. The SMILES string of the molecule is O=C(CNC(=O)c1ccccc1OC1CCN(C(=O)c2ccccc2F)CC1)c1ccccc1. The molecule has 2 amide bonds. The Labute approximate surface area is 197 Å². The van der Waals surface area contributed by atoms with Crippen molar-refractivity contribution in [3.63, 3.8) is 0 Å². The summed E-state index contributed by atoms with van der Waals surface area (Å²) in [6, 6.07) is 21.6. The van der Waals surface area contributed by atoms with E-state index in [0.29, 0.717) is 42.8 Å². The van der Waals surface area contributed by atoms with Gasteiger partial charge in [0.1, 0.15) is 17.7 Å². The fourth-order valence-electron chi connectivity index (χ4n) is 3.90. The summed E-state index contributed by atoms with van der Waals surface area (Å²) in [5.74, 6) is -1.02. The van der Waals surface area contributed by atoms with Crippen molar-refractivity contribution in [2.24, 2.45) is 0 Å². The van der Waals surface area contributed by atoms with E-state index in [1.165, 1.54) is 12.1 Å². The van der Waals surface area contributed by atoms with Gasteiger partial charge in [-0.25, -0.2) is 4.39 Å². The number of para-hydroxylation sites is 1. The first-order valence-corrected chi connectivity index (χ1v) is 11.2. The van der Waals surface area contributed by atoms with E-state index < -0.39 is 11.7 Å². The number of rotatable bonds is 7. The van der Waals surface area contributed by atoms with Crippen LogP contribution in [-0.2, 0) is 0 Å². The van der Waals surface area contributed by atoms with Crippen molar-refractivity contribution >= 4 is 17.6 Å². The van der Waals surface area contributed by atoms with E-state index in [1.54, 1.807) is 65.6 Å². The quantitative estimate of drug-likeness (QED) is 0.538. The number of piperidine rings is 1. The molecule has 4 rings (SSSR count). The first-order chi connectivity index (χ1) is 16.5. The number of nitrogens with one attached hydrogen (secondary N) is 1. The molecule has 0 aromatic heterocycles. The van der Waals surface area contributed by atoms with Crippen molar-refractivity contribution in [3.8, 4) is 5.75 Å². The van der Waals surface area contributed by atoms with Gasteiger partial charge in [-0.15, -0.1) is 0 Å². The predicted molar refractivity (Wildman–Crippen MR) is 126 cm³/mol. The molecule has 1 heterocycles. The lowest BCUT2D eigenvalue weighted by Crippen LogP contribution is -2.42. The molecule has 1 aliphatic heterocycles. The lowest BCUT2D eigenvalue weighted by atomic mass is 10.1. The van der Waals surface area contributed by atoms with Gasteiger partial charge in [-0.05, 0) is 24.3 Å².